The maximum absolute atomic E-state index is 12.2. The first-order chi connectivity index (χ1) is 7.65. The standard InChI is InChI=1S/C12H21FN2O/c1-4-10-12(9(3)16)11(5-2)15(14-10)8-6-7-13/h9,16H,4-8H2,1-3H3. The smallest absolute Gasteiger partial charge is 0.0912 e. The van der Waals surface area contributed by atoms with Gasteiger partial charge in [0.05, 0.1) is 18.5 Å². The minimum Gasteiger partial charge on any atom is -0.389 e. The Labute approximate surface area is 96.3 Å². The molecule has 1 atom stereocenters. The number of halogens is 1. The maximum Gasteiger partial charge on any atom is 0.0912 e. The minimum absolute atomic E-state index is 0.325. The lowest BCUT2D eigenvalue weighted by atomic mass is 10.0. The summed E-state index contributed by atoms with van der Waals surface area (Å²) in [6, 6.07) is 0. The van der Waals surface area contributed by atoms with Gasteiger partial charge in [-0.2, -0.15) is 5.10 Å². The highest BCUT2D eigenvalue weighted by Crippen LogP contribution is 2.23. The summed E-state index contributed by atoms with van der Waals surface area (Å²) in [6.45, 7) is 6.09. The highest BCUT2D eigenvalue weighted by atomic mass is 19.1. The molecule has 0 bridgehead atoms. The lowest BCUT2D eigenvalue weighted by Crippen LogP contribution is -2.07. The third-order valence-corrected chi connectivity index (χ3v) is 2.77. The molecule has 0 spiro atoms. The average Bonchev–Trinajstić information content (AvgIpc) is 2.63. The molecule has 92 valence electrons. The number of hydrogen-bond acceptors (Lipinski definition) is 2. The van der Waals surface area contributed by atoms with Crippen LogP contribution >= 0.6 is 0 Å². The zero-order valence-corrected chi connectivity index (χ0v) is 10.3. The third-order valence-electron chi connectivity index (χ3n) is 2.77. The van der Waals surface area contributed by atoms with Crippen LogP contribution < -0.4 is 0 Å². The Kier molecular flexibility index (Phi) is 4.93. The van der Waals surface area contributed by atoms with E-state index in [4.69, 9.17) is 0 Å². The molecule has 1 rings (SSSR count). The van der Waals surface area contributed by atoms with Crippen LogP contribution in [0, 0.1) is 0 Å². The molecule has 1 unspecified atom stereocenters. The van der Waals surface area contributed by atoms with E-state index in [2.05, 4.69) is 5.10 Å². The van der Waals surface area contributed by atoms with E-state index in [1.165, 1.54) is 0 Å². The van der Waals surface area contributed by atoms with Crippen LogP contribution in [-0.4, -0.2) is 21.6 Å². The van der Waals surface area contributed by atoms with Crippen molar-refractivity contribution in [3.05, 3.63) is 17.0 Å². The summed E-state index contributed by atoms with van der Waals surface area (Å²) in [7, 11) is 0. The second kappa shape index (κ2) is 5.99. The van der Waals surface area contributed by atoms with Gasteiger partial charge in [-0.05, 0) is 26.2 Å². The highest BCUT2D eigenvalue weighted by molar-refractivity contribution is 5.28. The number of aromatic nitrogens is 2. The Morgan fingerprint density at radius 3 is 2.50 bits per heavy atom. The van der Waals surface area contributed by atoms with E-state index in [0.29, 0.717) is 13.0 Å². The molecule has 0 radical (unpaired) electrons. The molecule has 0 aliphatic heterocycles. The summed E-state index contributed by atoms with van der Waals surface area (Å²) in [6.07, 6.45) is 1.61. The van der Waals surface area contributed by atoms with E-state index in [0.717, 1.165) is 29.8 Å². The second-order valence-electron chi connectivity index (χ2n) is 3.96. The van der Waals surface area contributed by atoms with Gasteiger partial charge in [0.2, 0.25) is 0 Å². The van der Waals surface area contributed by atoms with Gasteiger partial charge in [-0.1, -0.05) is 13.8 Å². The maximum atomic E-state index is 12.2. The normalized spacial score (nSPS) is 13.1. The fourth-order valence-corrected chi connectivity index (χ4v) is 2.08. The number of alkyl halides is 1. The van der Waals surface area contributed by atoms with Crippen LogP contribution in [0.2, 0.25) is 0 Å². The topological polar surface area (TPSA) is 38.0 Å². The van der Waals surface area contributed by atoms with Crippen LogP contribution in [0.1, 0.15) is 50.2 Å². The Bertz CT molecular complexity index is 334. The summed E-state index contributed by atoms with van der Waals surface area (Å²) in [5.41, 5.74) is 2.91. The first-order valence-electron chi connectivity index (χ1n) is 5.98. The Morgan fingerprint density at radius 2 is 2.06 bits per heavy atom. The summed E-state index contributed by atoms with van der Waals surface area (Å²) in [5, 5.41) is 14.2. The van der Waals surface area contributed by atoms with Crippen LogP contribution in [0.25, 0.3) is 0 Å². The predicted molar refractivity (Wildman–Crippen MR) is 62.2 cm³/mol. The molecule has 0 saturated heterocycles. The number of aliphatic hydroxyl groups is 1. The number of aryl methyl sites for hydroxylation is 2. The molecule has 1 aromatic heterocycles. The van der Waals surface area contributed by atoms with Crippen LogP contribution in [0.4, 0.5) is 4.39 Å². The first-order valence-corrected chi connectivity index (χ1v) is 5.98. The Balaban J connectivity index is 3.08. The van der Waals surface area contributed by atoms with Gasteiger partial charge in [0, 0.05) is 17.8 Å². The van der Waals surface area contributed by atoms with Crippen molar-refractivity contribution < 1.29 is 9.50 Å². The largest absolute Gasteiger partial charge is 0.389 e. The van der Waals surface area contributed by atoms with Crippen LogP contribution in [0.5, 0.6) is 0 Å². The summed E-state index contributed by atoms with van der Waals surface area (Å²) >= 11 is 0. The molecule has 1 aromatic rings. The first kappa shape index (κ1) is 13.2. The Morgan fingerprint density at radius 1 is 1.38 bits per heavy atom. The minimum atomic E-state index is -0.496. The zero-order valence-electron chi connectivity index (χ0n) is 10.3. The molecule has 3 nitrogen and oxygen atoms in total. The number of nitrogens with zero attached hydrogens (tertiary/aromatic N) is 2. The summed E-state index contributed by atoms with van der Waals surface area (Å²) in [4.78, 5) is 0. The average molecular weight is 228 g/mol. The molecule has 0 aliphatic carbocycles. The van der Waals surface area contributed by atoms with Crippen molar-refractivity contribution in [1.29, 1.82) is 0 Å². The number of rotatable bonds is 6. The molecule has 1 N–H and O–H groups in total. The highest BCUT2D eigenvalue weighted by Gasteiger charge is 2.18. The number of hydrogen-bond donors (Lipinski definition) is 1. The third kappa shape index (κ3) is 2.61. The van der Waals surface area contributed by atoms with E-state index < -0.39 is 6.10 Å². The zero-order chi connectivity index (χ0) is 12.1. The van der Waals surface area contributed by atoms with Crippen LogP contribution in [0.3, 0.4) is 0 Å². The van der Waals surface area contributed by atoms with E-state index >= 15 is 0 Å². The summed E-state index contributed by atoms with van der Waals surface area (Å²) < 4.78 is 14.0. The molecule has 1 heterocycles. The van der Waals surface area contributed by atoms with Crippen molar-refractivity contribution in [2.24, 2.45) is 0 Å². The molecule has 16 heavy (non-hydrogen) atoms. The van der Waals surface area contributed by atoms with Crippen molar-refractivity contribution in [2.45, 2.75) is 52.7 Å². The molecular formula is C12H21FN2O. The Hall–Kier alpha value is -0.900. The molecule has 0 aromatic carbocycles. The van der Waals surface area contributed by atoms with Gasteiger partial charge in [0.25, 0.3) is 0 Å². The lowest BCUT2D eigenvalue weighted by molar-refractivity contribution is 0.197. The second-order valence-corrected chi connectivity index (χ2v) is 3.96. The fourth-order valence-electron chi connectivity index (χ4n) is 2.08. The molecule has 0 saturated carbocycles. The molecular weight excluding hydrogens is 207 g/mol. The van der Waals surface area contributed by atoms with Crippen LogP contribution in [-0.2, 0) is 19.4 Å². The predicted octanol–water partition coefficient (Wildman–Crippen LogP) is 2.42. The quantitative estimate of drug-likeness (QED) is 0.812. The van der Waals surface area contributed by atoms with Crippen molar-refractivity contribution in [2.75, 3.05) is 6.67 Å². The van der Waals surface area contributed by atoms with Gasteiger partial charge in [0.15, 0.2) is 0 Å². The molecule has 0 amide bonds. The SMILES string of the molecule is CCc1nn(CCCF)c(CC)c1C(C)O. The number of aliphatic hydroxyl groups excluding tert-OH is 1. The summed E-state index contributed by atoms with van der Waals surface area (Å²) in [5.74, 6) is 0. The van der Waals surface area contributed by atoms with Gasteiger partial charge in [-0.15, -0.1) is 0 Å². The monoisotopic (exact) mass is 228 g/mol. The van der Waals surface area contributed by atoms with E-state index in [9.17, 15) is 9.50 Å². The van der Waals surface area contributed by atoms with Crippen molar-refractivity contribution in [1.82, 2.24) is 9.78 Å². The van der Waals surface area contributed by atoms with Gasteiger partial charge < -0.3 is 5.11 Å². The van der Waals surface area contributed by atoms with Crippen molar-refractivity contribution in [3.8, 4) is 0 Å². The molecule has 0 aliphatic rings. The fraction of sp³-hybridized carbons (Fsp3) is 0.750. The van der Waals surface area contributed by atoms with Gasteiger partial charge >= 0.3 is 0 Å². The van der Waals surface area contributed by atoms with Gasteiger partial charge in [-0.25, -0.2) is 0 Å². The van der Waals surface area contributed by atoms with Crippen molar-refractivity contribution in [3.63, 3.8) is 0 Å². The molecule has 0 fully saturated rings. The van der Waals surface area contributed by atoms with Gasteiger partial charge in [-0.3, -0.25) is 9.07 Å². The van der Waals surface area contributed by atoms with E-state index in [-0.39, 0.29) is 6.67 Å². The van der Waals surface area contributed by atoms with Gasteiger partial charge in [0.1, 0.15) is 0 Å². The lowest BCUT2D eigenvalue weighted by Gasteiger charge is -2.08. The van der Waals surface area contributed by atoms with E-state index in [1.807, 2.05) is 18.5 Å². The van der Waals surface area contributed by atoms with Crippen molar-refractivity contribution >= 4 is 0 Å². The molecule has 4 heteroatoms. The van der Waals surface area contributed by atoms with Crippen LogP contribution in [0.15, 0.2) is 0 Å². The van der Waals surface area contributed by atoms with E-state index in [1.54, 1.807) is 6.92 Å².